The van der Waals surface area contributed by atoms with Gasteiger partial charge in [0, 0.05) is 23.8 Å². The van der Waals surface area contributed by atoms with Crippen LogP contribution in [0.4, 0.5) is 0 Å². The molecule has 3 nitrogen and oxygen atoms in total. The van der Waals surface area contributed by atoms with Crippen molar-refractivity contribution < 1.29 is 0 Å². The first-order chi connectivity index (χ1) is 7.13. The maximum Gasteiger partial charge on any atom is 0.0885 e. The predicted molar refractivity (Wildman–Crippen MR) is 65.6 cm³/mol. The molecule has 0 amide bonds. The van der Waals surface area contributed by atoms with Gasteiger partial charge in [0.1, 0.15) is 0 Å². The molecular formula is C11H14BrN3. The zero-order chi connectivity index (χ0) is 11.0. The number of nitrogens with zero attached hydrogens (tertiary/aromatic N) is 2. The normalized spacial score (nSPS) is 13.3. The van der Waals surface area contributed by atoms with Crippen molar-refractivity contribution in [3.8, 4) is 0 Å². The maximum absolute atomic E-state index is 5.99. The van der Waals surface area contributed by atoms with E-state index < -0.39 is 0 Å². The molecule has 0 aliphatic heterocycles. The molecule has 0 spiro atoms. The molecule has 2 heterocycles. The molecule has 2 aromatic heterocycles. The molecule has 0 aromatic carbocycles. The van der Waals surface area contributed by atoms with E-state index in [9.17, 15) is 0 Å². The molecule has 2 rings (SSSR count). The topological polar surface area (TPSA) is 43.8 Å². The first kappa shape index (κ1) is 10.6. The number of fused-ring (bicyclic) bond motifs is 1. The highest BCUT2D eigenvalue weighted by atomic mass is 79.9. The molecule has 2 N–H and O–H groups in total. The molecule has 0 bridgehead atoms. The highest BCUT2D eigenvalue weighted by Crippen LogP contribution is 2.26. The van der Waals surface area contributed by atoms with E-state index in [0.717, 1.165) is 27.6 Å². The first-order valence-corrected chi connectivity index (χ1v) is 5.79. The van der Waals surface area contributed by atoms with E-state index in [0.29, 0.717) is 0 Å². The largest absolute Gasteiger partial charge is 0.349 e. The molecule has 4 heteroatoms. The fourth-order valence-electron chi connectivity index (χ4n) is 1.63. The standard InChI is InChI=1S/C11H14BrN3/c1-3-8(13)11-7(12)6-10-9(14-11)4-5-15(10)2/h4-6,8H,3,13H2,1-2H3/t8-/m1/s1. The summed E-state index contributed by atoms with van der Waals surface area (Å²) in [5, 5.41) is 0. The molecule has 80 valence electrons. The van der Waals surface area contributed by atoms with Crippen molar-refractivity contribution in [1.29, 1.82) is 0 Å². The summed E-state index contributed by atoms with van der Waals surface area (Å²) < 4.78 is 3.04. The van der Waals surface area contributed by atoms with Crippen molar-refractivity contribution in [2.24, 2.45) is 12.8 Å². The van der Waals surface area contributed by atoms with Crippen LogP contribution in [0.3, 0.4) is 0 Å². The number of aromatic nitrogens is 2. The number of halogens is 1. The maximum atomic E-state index is 5.99. The van der Waals surface area contributed by atoms with Gasteiger partial charge >= 0.3 is 0 Å². The molecule has 2 aromatic rings. The summed E-state index contributed by atoms with van der Waals surface area (Å²) in [5.41, 5.74) is 9.05. The number of aryl methyl sites for hydroxylation is 1. The highest BCUT2D eigenvalue weighted by Gasteiger charge is 2.12. The fraction of sp³-hybridized carbons (Fsp3) is 0.364. The molecule has 0 aliphatic rings. The van der Waals surface area contributed by atoms with Gasteiger partial charge in [0.2, 0.25) is 0 Å². The summed E-state index contributed by atoms with van der Waals surface area (Å²) >= 11 is 3.52. The summed E-state index contributed by atoms with van der Waals surface area (Å²) in [6.07, 6.45) is 2.90. The van der Waals surface area contributed by atoms with Crippen LogP contribution >= 0.6 is 15.9 Å². The average Bonchev–Trinajstić information content (AvgIpc) is 2.58. The van der Waals surface area contributed by atoms with Crippen molar-refractivity contribution in [2.45, 2.75) is 19.4 Å². The van der Waals surface area contributed by atoms with Crippen molar-refractivity contribution in [3.63, 3.8) is 0 Å². The van der Waals surface area contributed by atoms with Crippen LogP contribution in [0, 0.1) is 0 Å². The van der Waals surface area contributed by atoms with Gasteiger partial charge in [-0.1, -0.05) is 6.92 Å². The van der Waals surface area contributed by atoms with Crippen LogP contribution < -0.4 is 5.73 Å². The van der Waals surface area contributed by atoms with Gasteiger partial charge in [-0.2, -0.15) is 0 Å². The van der Waals surface area contributed by atoms with E-state index in [1.165, 1.54) is 0 Å². The summed E-state index contributed by atoms with van der Waals surface area (Å²) in [6, 6.07) is 4.09. The zero-order valence-electron chi connectivity index (χ0n) is 8.87. The number of pyridine rings is 1. The van der Waals surface area contributed by atoms with Gasteiger partial charge in [0.15, 0.2) is 0 Å². The van der Waals surface area contributed by atoms with E-state index >= 15 is 0 Å². The molecule has 0 radical (unpaired) electrons. The summed E-state index contributed by atoms with van der Waals surface area (Å²) in [7, 11) is 2.01. The molecular weight excluding hydrogens is 254 g/mol. The van der Waals surface area contributed by atoms with Gasteiger partial charge in [-0.15, -0.1) is 0 Å². The molecule has 15 heavy (non-hydrogen) atoms. The molecule has 0 fully saturated rings. The van der Waals surface area contributed by atoms with Gasteiger partial charge in [-0.25, -0.2) is 4.98 Å². The Bertz CT molecular complexity index is 490. The quantitative estimate of drug-likeness (QED) is 0.910. The Morgan fingerprint density at radius 2 is 2.33 bits per heavy atom. The lowest BCUT2D eigenvalue weighted by molar-refractivity contribution is 0.675. The minimum atomic E-state index is 0.00369. The van der Waals surface area contributed by atoms with Gasteiger partial charge in [-0.05, 0) is 34.5 Å². The van der Waals surface area contributed by atoms with Crippen molar-refractivity contribution in [3.05, 3.63) is 28.5 Å². The third-order valence-electron chi connectivity index (χ3n) is 2.64. The van der Waals surface area contributed by atoms with Crippen molar-refractivity contribution in [2.75, 3.05) is 0 Å². The highest BCUT2D eigenvalue weighted by molar-refractivity contribution is 9.10. The van der Waals surface area contributed by atoms with Gasteiger partial charge in [0.25, 0.3) is 0 Å². The van der Waals surface area contributed by atoms with E-state index in [1.54, 1.807) is 0 Å². The smallest absolute Gasteiger partial charge is 0.0885 e. The molecule has 1 atom stereocenters. The number of rotatable bonds is 2. The Balaban J connectivity index is 2.63. The summed E-state index contributed by atoms with van der Waals surface area (Å²) in [4.78, 5) is 4.57. The molecule has 0 unspecified atom stereocenters. The third kappa shape index (κ3) is 1.79. The lowest BCUT2D eigenvalue weighted by Crippen LogP contribution is -2.11. The minimum absolute atomic E-state index is 0.00369. The van der Waals surface area contributed by atoms with Crippen LogP contribution in [0.5, 0.6) is 0 Å². The van der Waals surface area contributed by atoms with Crippen molar-refractivity contribution in [1.82, 2.24) is 9.55 Å². The summed E-state index contributed by atoms with van der Waals surface area (Å²) in [6.45, 7) is 2.06. The Hall–Kier alpha value is -0.870. The van der Waals surface area contributed by atoms with Crippen LogP contribution in [-0.2, 0) is 7.05 Å². The SMILES string of the molecule is CC[C@@H](N)c1nc2ccn(C)c2cc1Br. The van der Waals surface area contributed by atoms with Crippen LogP contribution in [0.1, 0.15) is 25.1 Å². The zero-order valence-corrected chi connectivity index (χ0v) is 10.5. The molecule has 0 saturated heterocycles. The lowest BCUT2D eigenvalue weighted by atomic mass is 10.1. The van der Waals surface area contributed by atoms with Gasteiger partial charge in [-0.3, -0.25) is 0 Å². The third-order valence-corrected chi connectivity index (χ3v) is 3.27. The van der Waals surface area contributed by atoms with Gasteiger partial charge < -0.3 is 10.3 Å². The monoisotopic (exact) mass is 267 g/mol. The van der Waals surface area contributed by atoms with Crippen LogP contribution in [0.25, 0.3) is 11.0 Å². The second-order valence-corrected chi connectivity index (χ2v) is 4.56. The van der Waals surface area contributed by atoms with Crippen LogP contribution in [0.2, 0.25) is 0 Å². The molecule has 0 aliphatic carbocycles. The Morgan fingerprint density at radius 1 is 1.60 bits per heavy atom. The Morgan fingerprint density at radius 3 is 3.00 bits per heavy atom. The van der Waals surface area contributed by atoms with Crippen LogP contribution in [0.15, 0.2) is 22.8 Å². The number of hydrogen-bond donors (Lipinski definition) is 1. The number of nitrogens with two attached hydrogens (primary N) is 1. The van der Waals surface area contributed by atoms with E-state index in [2.05, 4.69) is 33.9 Å². The average molecular weight is 268 g/mol. The predicted octanol–water partition coefficient (Wildman–Crippen LogP) is 2.75. The fourth-order valence-corrected chi connectivity index (χ4v) is 2.23. The minimum Gasteiger partial charge on any atom is -0.349 e. The van der Waals surface area contributed by atoms with Gasteiger partial charge in [0.05, 0.1) is 16.7 Å². The second kappa shape index (κ2) is 3.94. The second-order valence-electron chi connectivity index (χ2n) is 3.70. The van der Waals surface area contributed by atoms with E-state index in [4.69, 9.17) is 5.73 Å². The first-order valence-electron chi connectivity index (χ1n) is 5.00. The van der Waals surface area contributed by atoms with Crippen molar-refractivity contribution >= 4 is 27.0 Å². The number of hydrogen-bond acceptors (Lipinski definition) is 2. The van der Waals surface area contributed by atoms with Crippen LogP contribution in [-0.4, -0.2) is 9.55 Å². The summed E-state index contributed by atoms with van der Waals surface area (Å²) in [5.74, 6) is 0. The lowest BCUT2D eigenvalue weighted by Gasteiger charge is -2.10. The van der Waals surface area contributed by atoms with E-state index in [1.807, 2.05) is 23.9 Å². The Kier molecular flexibility index (Phi) is 2.80. The van der Waals surface area contributed by atoms with E-state index in [-0.39, 0.29) is 6.04 Å². The Labute approximate surface area is 97.4 Å². The molecule has 0 saturated carbocycles.